The summed E-state index contributed by atoms with van der Waals surface area (Å²) in [4.78, 5) is 39.7. The molecular formula is C24H29N3O3. The molecular weight excluding hydrogens is 378 g/mol. The van der Waals surface area contributed by atoms with Crippen molar-refractivity contribution in [2.45, 2.75) is 45.6 Å². The van der Waals surface area contributed by atoms with Gasteiger partial charge in [-0.15, -0.1) is 0 Å². The van der Waals surface area contributed by atoms with Gasteiger partial charge in [0.2, 0.25) is 5.91 Å². The van der Waals surface area contributed by atoms with Crippen LogP contribution in [0.15, 0.2) is 48.5 Å². The number of nitrogens with zero attached hydrogens (tertiary/aromatic N) is 1. The molecule has 0 spiro atoms. The Hall–Kier alpha value is -3.15. The van der Waals surface area contributed by atoms with Crippen molar-refractivity contribution in [3.8, 4) is 0 Å². The summed E-state index contributed by atoms with van der Waals surface area (Å²) in [5, 5.41) is 5.78. The zero-order valence-corrected chi connectivity index (χ0v) is 17.6. The number of rotatable bonds is 7. The van der Waals surface area contributed by atoms with Gasteiger partial charge in [0.15, 0.2) is 0 Å². The molecule has 0 aliphatic carbocycles. The number of likely N-dealkylation sites (tertiary alicyclic amines) is 1. The molecule has 1 unspecified atom stereocenters. The molecule has 0 bridgehead atoms. The van der Waals surface area contributed by atoms with E-state index in [-0.39, 0.29) is 17.7 Å². The second kappa shape index (κ2) is 10.1. The third-order valence-corrected chi connectivity index (χ3v) is 5.29. The molecule has 6 nitrogen and oxygen atoms in total. The number of aryl methyl sites for hydroxylation is 1. The highest BCUT2D eigenvalue weighted by Gasteiger charge is 2.34. The van der Waals surface area contributed by atoms with E-state index in [1.54, 1.807) is 35.2 Å². The number of amides is 3. The average molecular weight is 408 g/mol. The van der Waals surface area contributed by atoms with Crippen LogP contribution in [-0.2, 0) is 4.79 Å². The molecule has 2 aromatic carbocycles. The zero-order chi connectivity index (χ0) is 21.5. The van der Waals surface area contributed by atoms with Gasteiger partial charge in [-0.2, -0.15) is 0 Å². The van der Waals surface area contributed by atoms with Crippen LogP contribution >= 0.6 is 0 Å². The Labute approximate surface area is 177 Å². The van der Waals surface area contributed by atoms with Crippen LogP contribution in [-0.4, -0.2) is 41.8 Å². The monoisotopic (exact) mass is 407 g/mol. The molecule has 3 rings (SSSR count). The first kappa shape index (κ1) is 21.6. The van der Waals surface area contributed by atoms with Crippen LogP contribution in [0.3, 0.4) is 0 Å². The largest absolute Gasteiger partial charge is 0.354 e. The van der Waals surface area contributed by atoms with Crippen molar-refractivity contribution in [2.24, 2.45) is 0 Å². The first-order chi connectivity index (χ1) is 14.5. The topological polar surface area (TPSA) is 78.5 Å². The standard InChI is InChI=1S/C24H29N3O3/c1-3-4-13-25-23(29)21-12-7-14-27(21)24(30)19-10-6-11-20(16-19)26-22(28)18-9-5-8-17(2)15-18/h5-6,8-11,15-16,21H,3-4,7,12-14H2,1-2H3,(H,25,29)(H,26,28). The number of nitrogens with one attached hydrogen (secondary N) is 2. The number of anilines is 1. The molecule has 1 aliphatic rings. The van der Waals surface area contributed by atoms with Crippen LogP contribution in [0.25, 0.3) is 0 Å². The molecule has 1 heterocycles. The quantitative estimate of drug-likeness (QED) is 0.686. The minimum atomic E-state index is -0.431. The highest BCUT2D eigenvalue weighted by molar-refractivity contribution is 6.05. The van der Waals surface area contributed by atoms with Crippen LogP contribution in [0, 0.1) is 6.92 Å². The lowest BCUT2D eigenvalue weighted by atomic mass is 10.1. The van der Waals surface area contributed by atoms with Crippen molar-refractivity contribution in [3.63, 3.8) is 0 Å². The van der Waals surface area contributed by atoms with Gasteiger partial charge in [0, 0.05) is 29.9 Å². The molecule has 0 aromatic heterocycles. The number of hydrogen-bond donors (Lipinski definition) is 2. The van der Waals surface area contributed by atoms with E-state index in [4.69, 9.17) is 0 Å². The van der Waals surface area contributed by atoms with Crippen LogP contribution in [0.5, 0.6) is 0 Å². The number of carbonyl (C=O) groups excluding carboxylic acids is 3. The third kappa shape index (κ3) is 5.26. The average Bonchev–Trinajstić information content (AvgIpc) is 3.23. The van der Waals surface area contributed by atoms with Crippen molar-refractivity contribution in [2.75, 3.05) is 18.4 Å². The Morgan fingerprint density at radius 3 is 2.60 bits per heavy atom. The lowest BCUT2D eigenvalue weighted by Crippen LogP contribution is -2.46. The Balaban J connectivity index is 1.69. The lowest BCUT2D eigenvalue weighted by Gasteiger charge is -2.24. The van der Waals surface area contributed by atoms with E-state index in [0.29, 0.717) is 36.3 Å². The minimum absolute atomic E-state index is 0.0850. The fraction of sp³-hybridized carbons (Fsp3) is 0.375. The second-order valence-electron chi connectivity index (χ2n) is 7.71. The molecule has 158 valence electrons. The summed E-state index contributed by atoms with van der Waals surface area (Å²) in [5.41, 5.74) is 2.58. The van der Waals surface area contributed by atoms with Gasteiger partial charge >= 0.3 is 0 Å². The van der Waals surface area contributed by atoms with Crippen LogP contribution in [0.2, 0.25) is 0 Å². The molecule has 2 aromatic rings. The maximum Gasteiger partial charge on any atom is 0.255 e. The van der Waals surface area contributed by atoms with E-state index in [0.717, 1.165) is 24.8 Å². The molecule has 3 amide bonds. The van der Waals surface area contributed by atoms with Gasteiger partial charge in [0.1, 0.15) is 6.04 Å². The summed E-state index contributed by atoms with van der Waals surface area (Å²) < 4.78 is 0. The maximum atomic E-state index is 13.1. The van der Waals surface area contributed by atoms with E-state index in [2.05, 4.69) is 17.6 Å². The predicted octanol–water partition coefficient (Wildman–Crippen LogP) is 3.77. The first-order valence-electron chi connectivity index (χ1n) is 10.6. The van der Waals surface area contributed by atoms with Crippen molar-refractivity contribution in [3.05, 3.63) is 65.2 Å². The highest BCUT2D eigenvalue weighted by Crippen LogP contribution is 2.22. The molecule has 1 aliphatic heterocycles. The molecule has 30 heavy (non-hydrogen) atoms. The van der Waals surface area contributed by atoms with Crippen molar-refractivity contribution in [1.82, 2.24) is 10.2 Å². The summed E-state index contributed by atoms with van der Waals surface area (Å²) in [7, 11) is 0. The Morgan fingerprint density at radius 2 is 1.83 bits per heavy atom. The summed E-state index contributed by atoms with van der Waals surface area (Å²) in [6.45, 7) is 5.20. The number of carbonyl (C=O) groups is 3. The molecule has 0 saturated carbocycles. The molecule has 2 N–H and O–H groups in total. The summed E-state index contributed by atoms with van der Waals surface area (Å²) in [6.07, 6.45) is 3.42. The van der Waals surface area contributed by atoms with Crippen molar-refractivity contribution < 1.29 is 14.4 Å². The Bertz CT molecular complexity index is 925. The first-order valence-corrected chi connectivity index (χ1v) is 10.6. The smallest absolute Gasteiger partial charge is 0.255 e. The predicted molar refractivity (Wildman–Crippen MR) is 118 cm³/mol. The second-order valence-corrected chi connectivity index (χ2v) is 7.71. The summed E-state index contributed by atoms with van der Waals surface area (Å²) in [5.74, 6) is -0.495. The molecule has 1 fully saturated rings. The summed E-state index contributed by atoms with van der Waals surface area (Å²) in [6, 6.07) is 13.8. The van der Waals surface area contributed by atoms with Gasteiger partial charge in [-0.3, -0.25) is 14.4 Å². The van der Waals surface area contributed by atoms with E-state index >= 15 is 0 Å². The molecule has 1 atom stereocenters. The molecule has 6 heteroatoms. The lowest BCUT2D eigenvalue weighted by molar-refractivity contribution is -0.124. The number of unbranched alkanes of at least 4 members (excludes halogenated alkanes) is 1. The van der Waals surface area contributed by atoms with Gasteiger partial charge < -0.3 is 15.5 Å². The number of hydrogen-bond acceptors (Lipinski definition) is 3. The van der Waals surface area contributed by atoms with Gasteiger partial charge in [0.25, 0.3) is 11.8 Å². The van der Waals surface area contributed by atoms with Crippen LogP contribution in [0.1, 0.15) is 58.9 Å². The Kier molecular flexibility index (Phi) is 7.22. The Morgan fingerprint density at radius 1 is 1.07 bits per heavy atom. The van der Waals surface area contributed by atoms with Crippen LogP contribution < -0.4 is 10.6 Å². The summed E-state index contributed by atoms with van der Waals surface area (Å²) >= 11 is 0. The van der Waals surface area contributed by atoms with Crippen LogP contribution in [0.4, 0.5) is 5.69 Å². The van der Waals surface area contributed by atoms with E-state index < -0.39 is 6.04 Å². The van der Waals surface area contributed by atoms with Gasteiger partial charge in [-0.1, -0.05) is 37.1 Å². The SMILES string of the molecule is CCCCNC(=O)C1CCCN1C(=O)c1cccc(NC(=O)c2cccc(C)c2)c1. The highest BCUT2D eigenvalue weighted by atomic mass is 16.2. The van der Waals surface area contributed by atoms with Gasteiger partial charge in [-0.25, -0.2) is 0 Å². The van der Waals surface area contributed by atoms with E-state index in [1.807, 2.05) is 25.1 Å². The number of benzene rings is 2. The maximum absolute atomic E-state index is 13.1. The van der Waals surface area contributed by atoms with Gasteiger partial charge in [-0.05, 0) is 56.5 Å². The van der Waals surface area contributed by atoms with Gasteiger partial charge in [0.05, 0.1) is 0 Å². The molecule has 0 radical (unpaired) electrons. The van der Waals surface area contributed by atoms with Crippen molar-refractivity contribution >= 4 is 23.4 Å². The van der Waals surface area contributed by atoms with Crippen molar-refractivity contribution in [1.29, 1.82) is 0 Å². The fourth-order valence-electron chi connectivity index (χ4n) is 3.67. The van der Waals surface area contributed by atoms with E-state index in [1.165, 1.54) is 0 Å². The van der Waals surface area contributed by atoms with E-state index in [9.17, 15) is 14.4 Å². The normalized spacial score (nSPS) is 15.7. The zero-order valence-electron chi connectivity index (χ0n) is 17.6. The fourth-order valence-corrected chi connectivity index (χ4v) is 3.67. The minimum Gasteiger partial charge on any atom is -0.354 e. The third-order valence-electron chi connectivity index (χ3n) is 5.29. The molecule has 1 saturated heterocycles.